The fraction of sp³-hybridized carbons (Fsp3) is 0.471. The Hall–Kier alpha value is -2.57. The van der Waals surface area contributed by atoms with Gasteiger partial charge in [0.1, 0.15) is 6.61 Å². The van der Waals surface area contributed by atoms with Gasteiger partial charge in [-0.1, -0.05) is 30.3 Å². The van der Waals surface area contributed by atoms with Crippen LogP contribution >= 0.6 is 0 Å². The molecular weight excluding hydrogens is 310 g/mol. The van der Waals surface area contributed by atoms with Crippen LogP contribution in [-0.2, 0) is 20.9 Å². The highest BCUT2D eigenvalue weighted by Gasteiger charge is 2.31. The Morgan fingerprint density at radius 2 is 1.58 bits per heavy atom. The van der Waals surface area contributed by atoms with Gasteiger partial charge in [0.2, 0.25) is 11.8 Å². The van der Waals surface area contributed by atoms with Gasteiger partial charge in [-0.25, -0.2) is 4.79 Å². The number of ether oxygens (including phenoxy) is 1. The van der Waals surface area contributed by atoms with Gasteiger partial charge in [-0.15, -0.1) is 0 Å². The molecule has 24 heavy (non-hydrogen) atoms. The molecule has 3 amide bonds. The number of amides is 3. The molecule has 1 fully saturated rings. The normalized spacial score (nSPS) is 20.2. The van der Waals surface area contributed by atoms with Crippen LogP contribution in [0.5, 0.6) is 0 Å². The molecule has 130 valence electrons. The summed E-state index contributed by atoms with van der Waals surface area (Å²) in [7, 11) is 0. The smallest absolute Gasteiger partial charge is 0.410 e. The predicted octanol–water partition coefficient (Wildman–Crippen LogP) is 1.04. The van der Waals surface area contributed by atoms with Crippen molar-refractivity contribution >= 4 is 17.9 Å². The standard InChI is InChI=1S/C17H23N3O4/c1-12(21)18-15-8-16(19-13(2)22)10-20(9-15)17(23)24-11-14-6-4-3-5-7-14/h3-7,15-16H,8-11H2,1-2H3,(H,18,21)(H,19,22)/t15-,16+. The summed E-state index contributed by atoms with van der Waals surface area (Å²) in [4.78, 5) is 36.4. The van der Waals surface area contributed by atoms with E-state index in [4.69, 9.17) is 4.74 Å². The Labute approximate surface area is 141 Å². The lowest BCUT2D eigenvalue weighted by Gasteiger charge is -2.37. The fourth-order valence-corrected chi connectivity index (χ4v) is 2.84. The molecule has 1 aromatic rings. The Bertz CT molecular complexity index is 567. The summed E-state index contributed by atoms with van der Waals surface area (Å²) in [6.45, 7) is 3.78. The zero-order chi connectivity index (χ0) is 17.5. The lowest BCUT2D eigenvalue weighted by atomic mass is 10.0. The molecular formula is C17H23N3O4. The van der Waals surface area contributed by atoms with Crippen molar-refractivity contribution in [2.45, 2.75) is 39.0 Å². The molecule has 2 atom stereocenters. The van der Waals surface area contributed by atoms with Crippen molar-refractivity contribution in [3.63, 3.8) is 0 Å². The molecule has 1 saturated heterocycles. The third kappa shape index (κ3) is 5.57. The van der Waals surface area contributed by atoms with E-state index in [1.54, 1.807) is 0 Å². The Morgan fingerprint density at radius 3 is 2.08 bits per heavy atom. The maximum atomic E-state index is 12.3. The van der Waals surface area contributed by atoms with Crippen molar-refractivity contribution in [1.82, 2.24) is 15.5 Å². The highest BCUT2D eigenvalue weighted by molar-refractivity contribution is 5.74. The van der Waals surface area contributed by atoms with E-state index in [0.29, 0.717) is 19.5 Å². The van der Waals surface area contributed by atoms with Crippen molar-refractivity contribution < 1.29 is 19.1 Å². The van der Waals surface area contributed by atoms with E-state index < -0.39 is 6.09 Å². The number of nitrogens with zero attached hydrogens (tertiary/aromatic N) is 1. The highest BCUT2D eigenvalue weighted by atomic mass is 16.6. The number of hydrogen-bond donors (Lipinski definition) is 2. The third-order valence-electron chi connectivity index (χ3n) is 3.73. The molecule has 0 aromatic heterocycles. The Kier molecular flexibility index (Phi) is 6.17. The van der Waals surface area contributed by atoms with Gasteiger partial charge in [0, 0.05) is 39.0 Å². The average Bonchev–Trinajstić information content (AvgIpc) is 2.52. The number of carbonyl (C=O) groups excluding carboxylic acids is 3. The van der Waals surface area contributed by atoms with Crippen molar-refractivity contribution in [2.75, 3.05) is 13.1 Å². The lowest BCUT2D eigenvalue weighted by Crippen LogP contribution is -2.58. The molecule has 0 bridgehead atoms. The van der Waals surface area contributed by atoms with Crippen molar-refractivity contribution in [3.05, 3.63) is 35.9 Å². The van der Waals surface area contributed by atoms with Crippen LogP contribution in [0.25, 0.3) is 0 Å². The van der Waals surface area contributed by atoms with Crippen LogP contribution in [0.2, 0.25) is 0 Å². The maximum Gasteiger partial charge on any atom is 0.410 e. The number of likely N-dealkylation sites (tertiary alicyclic amines) is 1. The van der Waals surface area contributed by atoms with Crippen LogP contribution in [0, 0.1) is 0 Å². The number of benzene rings is 1. The van der Waals surface area contributed by atoms with Crippen LogP contribution in [0.1, 0.15) is 25.8 Å². The minimum Gasteiger partial charge on any atom is -0.445 e. The molecule has 0 saturated carbocycles. The molecule has 0 unspecified atom stereocenters. The van der Waals surface area contributed by atoms with E-state index >= 15 is 0 Å². The zero-order valence-electron chi connectivity index (χ0n) is 14.0. The SMILES string of the molecule is CC(=O)N[C@@H]1C[C@H](NC(C)=O)CN(C(=O)OCc2ccccc2)C1. The van der Waals surface area contributed by atoms with E-state index in [1.807, 2.05) is 30.3 Å². The van der Waals surface area contributed by atoms with Crippen LogP contribution in [0.4, 0.5) is 4.79 Å². The third-order valence-corrected chi connectivity index (χ3v) is 3.73. The molecule has 0 radical (unpaired) electrons. The van der Waals surface area contributed by atoms with Gasteiger partial charge < -0.3 is 20.3 Å². The minimum atomic E-state index is -0.454. The summed E-state index contributed by atoms with van der Waals surface area (Å²) in [5.41, 5.74) is 0.902. The quantitative estimate of drug-likeness (QED) is 0.862. The molecule has 1 heterocycles. The molecule has 2 N–H and O–H groups in total. The highest BCUT2D eigenvalue weighted by Crippen LogP contribution is 2.13. The molecule has 1 aliphatic heterocycles. The first-order valence-electron chi connectivity index (χ1n) is 7.94. The van der Waals surface area contributed by atoms with Gasteiger partial charge in [-0.05, 0) is 12.0 Å². The van der Waals surface area contributed by atoms with Crippen LogP contribution in [0.15, 0.2) is 30.3 Å². The second-order valence-corrected chi connectivity index (χ2v) is 5.98. The molecule has 0 aliphatic carbocycles. The lowest BCUT2D eigenvalue weighted by molar-refractivity contribution is -0.120. The van der Waals surface area contributed by atoms with E-state index in [2.05, 4.69) is 10.6 Å². The van der Waals surface area contributed by atoms with Crippen LogP contribution in [0.3, 0.4) is 0 Å². The summed E-state index contributed by atoms with van der Waals surface area (Å²) in [6, 6.07) is 8.99. The van der Waals surface area contributed by atoms with E-state index in [-0.39, 0.29) is 30.5 Å². The number of nitrogens with one attached hydrogen (secondary N) is 2. The summed E-state index contributed by atoms with van der Waals surface area (Å²) in [6.07, 6.45) is 0.131. The zero-order valence-corrected chi connectivity index (χ0v) is 14.0. The second-order valence-electron chi connectivity index (χ2n) is 5.98. The number of hydrogen-bond acceptors (Lipinski definition) is 4. The first-order chi connectivity index (χ1) is 11.4. The van der Waals surface area contributed by atoms with E-state index in [0.717, 1.165) is 5.56 Å². The fourth-order valence-electron chi connectivity index (χ4n) is 2.84. The first kappa shape index (κ1) is 17.8. The maximum absolute atomic E-state index is 12.3. The van der Waals surface area contributed by atoms with Crippen LogP contribution < -0.4 is 10.6 Å². The van der Waals surface area contributed by atoms with Crippen molar-refractivity contribution in [1.29, 1.82) is 0 Å². The van der Waals surface area contributed by atoms with E-state index in [9.17, 15) is 14.4 Å². The van der Waals surface area contributed by atoms with Gasteiger partial charge in [-0.3, -0.25) is 9.59 Å². The topological polar surface area (TPSA) is 87.7 Å². The minimum absolute atomic E-state index is 0.166. The summed E-state index contributed by atoms with van der Waals surface area (Å²) in [5.74, 6) is -0.331. The molecule has 1 aromatic carbocycles. The average molecular weight is 333 g/mol. The molecule has 0 spiro atoms. The van der Waals surface area contributed by atoms with Gasteiger partial charge >= 0.3 is 6.09 Å². The molecule has 7 nitrogen and oxygen atoms in total. The van der Waals surface area contributed by atoms with Crippen LogP contribution in [-0.4, -0.2) is 48.0 Å². The molecule has 2 rings (SSSR count). The summed E-state index contributed by atoms with van der Waals surface area (Å²) < 4.78 is 5.34. The largest absolute Gasteiger partial charge is 0.445 e. The summed E-state index contributed by atoms with van der Waals surface area (Å²) >= 11 is 0. The van der Waals surface area contributed by atoms with Crippen molar-refractivity contribution in [2.24, 2.45) is 0 Å². The second kappa shape index (κ2) is 8.33. The molecule has 7 heteroatoms. The molecule has 1 aliphatic rings. The predicted molar refractivity (Wildman–Crippen MR) is 88.0 cm³/mol. The Morgan fingerprint density at radius 1 is 1.04 bits per heavy atom. The Balaban J connectivity index is 1.95. The first-order valence-corrected chi connectivity index (χ1v) is 7.94. The summed E-state index contributed by atoms with van der Waals surface area (Å²) in [5, 5.41) is 5.61. The monoisotopic (exact) mass is 333 g/mol. The van der Waals surface area contributed by atoms with Gasteiger partial charge in [0.05, 0.1) is 0 Å². The number of carbonyl (C=O) groups is 3. The van der Waals surface area contributed by atoms with Gasteiger partial charge in [0.15, 0.2) is 0 Å². The number of rotatable bonds is 4. The van der Waals surface area contributed by atoms with Gasteiger partial charge in [-0.2, -0.15) is 0 Å². The number of piperidine rings is 1. The van der Waals surface area contributed by atoms with Crippen molar-refractivity contribution in [3.8, 4) is 0 Å². The van der Waals surface area contributed by atoms with Gasteiger partial charge in [0.25, 0.3) is 0 Å². The van der Waals surface area contributed by atoms with E-state index in [1.165, 1.54) is 18.7 Å².